The van der Waals surface area contributed by atoms with Crippen molar-refractivity contribution >= 4 is 5.97 Å². The van der Waals surface area contributed by atoms with Crippen molar-refractivity contribution in [1.82, 2.24) is 0 Å². The zero-order chi connectivity index (χ0) is 12.3. The van der Waals surface area contributed by atoms with Crippen LogP contribution < -0.4 is 39.4 Å². The topological polar surface area (TPSA) is 49.4 Å². The molecule has 17 heavy (non-hydrogen) atoms. The summed E-state index contributed by atoms with van der Waals surface area (Å²) in [6.45, 7) is 7.78. The van der Waals surface area contributed by atoms with Gasteiger partial charge in [0, 0.05) is 0 Å². The number of rotatable bonds is 3. The van der Waals surface area contributed by atoms with E-state index in [9.17, 15) is 9.90 Å². The van der Waals surface area contributed by atoms with Crippen molar-refractivity contribution < 1.29 is 44.2 Å². The molecule has 3 nitrogen and oxygen atoms in total. The Labute approximate surface area is 124 Å². The van der Waals surface area contributed by atoms with E-state index < -0.39 is 12.6 Å². The van der Waals surface area contributed by atoms with Gasteiger partial charge in [-0.3, -0.25) is 0 Å². The van der Waals surface area contributed by atoms with Crippen LogP contribution in [0.25, 0.3) is 0 Å². The maximum atomic E-state index is 10.4. The molecule has 88 valence electrons. The molecule has 0 N–H and O–H groups in total. The number of carbonyl (C=O) groups is 1. The van der Waals surface area contributed by atoms with Crippen LogP contribution in [0.15, 0.2) is 18.2 Å². The Morgan fingerprint density at radius 2 is 1.94 bits per heavy atom. The van der Waals surface area contributed by atoms with Crippen LogP contribution in [-0.2, 0) is 10.2 Å². The fraction of sp³-hybridized carbons (Fsp3) is 0.462. The number of hydrogen-bond acceptors (Lipinski definition) is 3. The summed E-state index contributed by atoms with van der Waals surface area (Å²) in [5.74, 6) is -0.595. The molecule has 0 radical (unpaired) electrons. The Morgan fingerprint density at radius 3 is 2.41 bits per heavy atom. The van der Waals surface area contributed by atoms with Gasteiger partial charge in [-0.2, -0.15) is 0 Å². The van der Waals surface area contributed by atoms with Gasteiger partial charge in [0.25, 0.3) is 0 Å². The molecule has 0 aliphatic heterocycles. The van der Waals surface area contributed by atoms with Crippen LogP contribution in [0.2, 0.25) is 0 Å². The Bertz CT molecular complexity index is 394. The number of aliphatic carboxylic acids is 1. The molecule has 0 saturated heterocycles. The van der Waals surface area contributed by atoms with Crippen molar-refractivity contribution in [2.75, 3.05) is 6.61 Å². The predicted octanol–water partition coefficient (Wildman–Crippen LogP) is -1.57. The molecule has 0 heterocycles. The van der Waals surface area contributed by atoms with E-state index in [0.717, 1.165) is 11.1 Å². The van der Waals surface area contributed by atoms with Gasteiger partial charge in [-0.15, -0.1) is 0 Å². The first-order chi connectivity index (χ1) is 7.30. The minimum Gasteiger partial charge on any atom is -0.546 e. The predicted molar refractivity (Wildman–Crippen MR) is 60.4 cm³/mol. The number of carboxylic acid groups (broad SMARTS) is 1. The molecule has 0 unspecified atom stereocenters. The Morgan fingerprint density at radius 1 is 1.35 bits per heavy atom. The van der Waals surface area contributed by atoms with Crippen LogP contribution in [0, 0.1) is 6.92 Å². The van der Waals surface area contributed by atoms with Gasteiger partial charge in [0.1, 0.15) is 12.4 Å². The maximum Gasteiger partial charge on any atom is 1.00 e. The summed E-state index contributed by atoms with van der Waals surface area (Å²) in [4.78, 5) is 10.4. The van der Waals surface area contributed by atoms with Crippen LogP contribution in [0.5, 0.6) is 5.75 Å². The van der Waals surface area contributed by atoms with Gasteiger partial charge in [-0.05, 0) is 24.0 Å². The van der Waals surface area contributed by atoms with Gasteiger partial charge in [0.2, 0.25) is 0 Å². The van der Waals surface area contributed by atoms with Crippen molar-refractivity contribution in [3.05, 3.63) is 29.3 Å². The summed E-state index contributed by atoms with van der Waals surface area (Å²) < 4.78 is 5.22. The van der Waals surface area contributed by atoms with Gasteiger partial charge in [-0.1, -0.05) is 38.5 Å². The average Bonchev–Trinajstić information content (AvgIpc) is 2.14. The first-order valence-electron chi connectivity index (χ1n) is 5.24. The molecule has 1 aromatic rings. The fourth-order valence-corrected chi connectivity index (χ4v) is 1.49. The van der Waals surface area contributed by atoms with Gasteiger partial charge >= 0.3 is 29.6 Å². The number of hydrogen-bond donors (Lipinski definition) is 0. The Kier molecular flexibility index (Phi) is 6.24. The quantitative estimate of drug-likeness (QED) is 0.603. The second kappa shape index (κ2) is 6.43. The summed E-state index contributed by atoms with van der Waals surface area (Å²) >= 11 is 0. The molecular formula is C13H17NaO3. The van der Waals surface area contributed by atoms with Crippen molar-refractivity contribution in [2.24, 2.45) is 0 Å². The van der Waals surface area contributed by atoms with Gasteiger partial charge in [0.15, 0.2) is 0 Å². The summed E-state index contributed by atoms with van der Waals surface area (Å²) in [7, 11) is 0. The zero-order valence-electron chi connectivity index (χ0n) is 11.2. The summed E-state index contributed by atoms with van der Waals surface area (Å²) in [6, 6.07) is 5.73. The number of carbonyl (C=O) groups excluding carboxylic acids is 1. The molecule has 0 saturated carbocycles. The van der Waals surface area contributed by atoms with Gasteiger partial charge in [-0.25, -0.2) is 0 Å². The van der Waals surface area contributed by atoms with Gasteiger partial charge < -0.3 is 14.6 Å². The molecule has 0 spiro atoms. The number of benzene rings is 1. The molecule has 1 rings (SSSR count). The SMILES string of the molecule is Cc1ccc(OCC(=O)[O-])c(C(C)(C)C)c1.[Na+]. The molecule has 0 aliphatic rings. The van der Waals surface area contributed by atoms with E-state index in [2.05, 4.69) is 20.8 Å². The number of carboxylic acids is 1. The molecule has 0 atom stereocenters. The zero-order valence-corrected chi connectivity index (χ0v) is 13.2. The molecule has 0 amide bonds. The second-order valence-corrected chi connectivity index (χ2v) is 4.91. The molecule has 4 heteroatoms. The van der Waals surface area contributed by atoms with Crippen LogP contribution >= 0.6 is 0 Å². The summed E-state index contributed by atoms with van der Waals surface area (Å²) in [6.07, 6.45) is 0. The first-order valence-corrected chi connectivity index (χ1v) is 5.24. The van der Waals surface area contributed by atoms with Crippen molar-refractivity contribution in [1.29, 1.82) is 0 Å². The largest absolute Gasteiger partial charge is 1.00 e. The molecular weight excluding hydrogens is 227 g/mol. The smallest absolute Gasteiger partial charge is 0.546 e. The number of aryl methyl sites for hydroxylation is 1. The molecule has 0 fully saturated rings. The van der Waals surface area contributed by atoms with E-state index >= 15 is 0 Å². The molecule has 1 aromatic carbocycles. The van der Waals surface area contributed by atoms with E-state index in [4.69, 9.17) is 4.74 Å². The monoisotopic (exact) mass is 244 g/mol. The van der Waals surface area contributed by atoms with E-state index in [1.54, 1.807) is 6.07 Å². The van der Waals surface area contributed by atoms with Crippen LogP contribution in [0.3, 0.4) is 0 Å². The minimum absolute atomic E-state index is 0. The van der Waals surface area contributed by atoms with Crippen molar-refractivity contribution in [3.63, 3.8) is 0 Å². The Hall–Kier alpha value is -0.510. The third kappa shape index (κ3) is 5.11. The Balaban J connectivity index is 0.00000256. The van der Waals surface area contributed by atoms with E-state index in [1.807, 2.05) is 19.1 Å². The second-order valence-electron chi connectivity index (χ2n) is 4.91. The third-order valence-electron chi connectivity index (χ3n) is 2.29. The normalized spacial score (nSPS) is 10.6. The van der Waals surface area contributed by atoms with E-state index in [-0.39, 0.29) is 35.0 Å². The fourth-order valence-electron chi connectivity index (χ4n) is 1.49. The molecule has 0 aromatic heterocycles. The summed E-state index contributed by atoms with van der Waals surface area (Å²) in [5, 5.41) is 10.4. The van der Waals surface area contributed by atoms with Crippen molar-refractivity contribution in [3.8, 4) is 5.75 Å². The third-order valence-corrected chi connectivity index (χ3v) is 2.29. The van der Waals surface area contributed by atoms with Crippen molar-refractivity contribution in [2.45, 2.75) is 33.1 Å². The number of ether oxygens (including phenoxy) is 1. The standard InChI is InChI=1S/C13H18O3.Na/c1-9-5-6-11(16-8-12(14)15)10(7-9)13(2,3)4;/h5-7H,8H2,1-4H3,(H,14,15);/q;+1/p-1. The van der Waals surface area contributed by atoms with Crippen LogP contribution in [0.4, 0.5) is 0 Å². The minimum atomic E-state index is -1.21. The summed E-state index contributed by atoms with van der Waals surface area (Å²) in [5.41, 5.74) is 2.06. The van der Waals surface area contributed by atoms with Crippen LogP contribution in [0.1, 0.15) is 31.9 Å². The van der Waals surface area contributed by atoms with E-state index in [1.165, 1.54) is 0 Å². The first kappa shape index (κ1) is 16.5. The average molecular weight is 244 g/mol. The van der Waals surface area contributed by atoms with Gasteiger partial charge in [0.05, 0.1) is 5.97 Å². The molecule has 0 bridgehead atoms. The maximum absolute atomic E-state index is 10.4. The van der Waals surface area contributed by atoms with Crippen LogP contribution in [-0.4, -0.2) is 12.6 Å². The molecule has 0 aliphatic carbocycles. The van der Waals surface area contributed by atoms with E-state index in [0.29, 0.717) is 5.75 Å².